The number of nitrogens with two attached hydrogens (primary N) is 1. The van der Waals surface area contributed by atoms with E-state index in [1.165, 1.54) is 0 Å². The number of carbonyl (C=O) groups excluding carboxylic acids is 6. The zero-order chi connectivity index (χ0) is 62.6. The molecule has 4 aliphatic rings. The number of hydrogen-bond acceptors (Lipinski definition) is 20. The Labute approximate surface area is 512 Å². The number of carboxylic acids is 2. The van der Waals surface area contributed by atoms with Crippen LogP contribution >= 0.6 is 23.5 Å². The number of aliphatic carboxylic acids is 2. The SMILES string of the molecule is CN(CCCC[C@H](NC(=O)COCCOCCOCCOCCN)C(=O)O)C(=O)CCCC[C@@H]1SC[C@@H]2NC(=O)N[C@@H]21.CN(CCCC[C@H](NC(=O)COCCOCCOCCOCCN=[N+]=[N-])C(=O)O)C(=O)CCCC[C@@H]1SC[C@@H]2NC(=O)N[C@@H]21. The van der Waals surface area contributed by atoms with Crippen molar-refractivity contribution in [3.8, 4) is 0 Å². The van der Waals surface area contributed by atoms with Crippen LogP contribution in [-0.4, -0.2) is 272 Å². The molecule has 0 bridgehead atoms. The molecule has 0 aromatic rings. The maximum atomic E-state index is 12.5. The molecule has 4 saturated heterocycles. The van der Waals surface area contributed by atoms with Crippen molar-refractivity contribution in [3.05, 3.63) is 10.4 Å². The Morgan fingerprint density at radius 1 is 0.570 bits per heavy atom. The molecule has 0 spiro atoms. The van der Waals surface area contributed by atoms with Crippen molar-refractivity contribution in [2.45, 2.75) is 137 Å². The van der Waals surface area contributed by atoms with E-state index in [4.69, 9.17) is 49.2 Å². The van der Waals surface area contributed by atoms with Crippen LogP contribution in [0.2, 0.25) is 0 Å². The van der Waals surface area contributed by atoms with Crippen molar-refractivity contribution in [1.29, 1.82) is 0 Å². The summed E-state index contributed by atoms with van der Waals surface area (Å²) in [6.07, 6.45) is 9.12. The molecule has 4 heterocycles. The number of hydrogen-bond donors (Lipinski definition) is 9. The minimum absolute atomic E-state index is 0.0551. The number of ether oxygens (including phenoxy) is 8. The van der Waals surface area contributed by atoms with Gasteiger partial charge in [0.25, 0.3) is 0 Å². The average molecular weight is 1270 g/mol. The topological polar surface area (TPSA) is 404 Å². The number of rotatable bonds is 51. The van der Waals surface area contributed by atoms with E-state index in [-0.39, 0.29) is 107 Å². The Bertz CT molecular complexity index is 2040. The highest BCUT2D eigenvalue weighted by Crippen LogP contribution is 2.34. The summed E-state index contributed by atoms with van der Waals surface area (Å²) in [5, 5.41) is 39.9. The fourth-order valence-electron chi connectivity index (χ4n) is 9.42. The predicted molar refractivity (Wildman–Crippen MR) is 320 cm³/mol. The van der Waals surface area contributed by atoms with E-state index in [1.54, 1.807) is 23.9 Å². The molecule has 4 rings (SSSR count). The van der Waals surface area contributed by atoms with Gasteiger partial charge >= 0.3 is 24.0 Å². The molecule has 0 unspecified atom stereocenters. The molecule has 32 heteroatoms. The Morgan fingerprint density at radius 2 is 0.942 bits per heavy atom. The summed E-state index contributed by atoms with van der Waals surface area (Å²) in [6, 6.07) is -1.45. The van der Waals surface area contributed by atoms with Crippen LogP contribution in [-0.2, 0) is 66.7 Å². The molecule has 8 atom stereocenters. The minimum atomic E-state index is -1.12. The number of thioether (sulfide) groups is 2. The molecule has 4 aliphatic heterocycles. The van der Waals surface area contributed by atoms with Gasteiger partial charge in [0.1, 0.15) is 25.3 Å². The number of carbonyl (C=O) groups is 8. The second kappa shape index (κ2) is 47.1. The maximum Gasteiger partial charge on any atom is 0.326 e. The van der Waals surface area contributed by atoms with Crippen LogP contribution in [0.25, 0.3) is 10.4 Å². The van der Waals surface area contributed by atoms with Crippen LogP contribution in [0.15, 0.2) is 5.11 Å². The van der Waals surface area contributed by atoms with Gasteiger partial charge in [-0.2, -0.15) is 23.5 Å². The first kappa shape index (κ1) is 75.3. The number of fused-ring (bicyclic) bond motifs is 2. The number of azide groups is 1. The number of amides is 8. The summed E-state index contributed by atoms with van der Waals surface area (Å²) < 4.78 is 42.2. The molecule has 0 aromatic heterocycles. The van der Waals surface area contributed by atoms with Crippen molar-refractivity contribution < 1.29 is 86.5 Å². The summed E-state index contributed by atoms with van der Waals surface area (Å²) in [4.78, 5) is 101. The lowest BCUT2D eigenvalue weighted by Gasteiger charge is -2.19. The highest BCUT2D eigenvalue weighted by molar-refractivity contribution is 8.00. The molecule has 0 radical (unpaired) electrons. The van der Waals surface area contributed by atoms with Gasteiger partial charge in [-0.05, 0) is 69.7 Å². The van der Waals surface area contributed by atoms with Gasteiger partial charge in [-0.1, -0.05) is 18.0 Å². The molecule has 0 aliphatic carbocycles. The quantitative estimate of drug-likeness (QED) is 0.0136. The van der Waals surface area contributed by atoms with E-state index in [2.05, 4.69) is 41.9 Å². The zero-order valence-corrected chi connectivity index (χ0v) is 51.8. The average Bonchev–Trinajstić information content (AvgIpc) is 2.54. The Hall–Kier alpha value is -4.99. The summed E-state index contributed by atoms with van der Waals surface area (Å²) in [7, 11) is 3.50. The van der Waals surface area contributed by atoms with Crippen LogP contribution in [0.1, 0.15) is 89.9 Å². The third kappa shape index (κ3) is 33.9. The fourth-order valence-corrected chi connectivity index (χ4v) is 12.5. The second-order valence-corrected chi connectivity index (χ2v) is 23.3. The van der Waals surface area contributed by atoms with Crippen LogP contribution in [0, 0.1) is 0 Å². The second-order valence-electron chi connectivity index (χ2n) is 20.8. The lowest BCUT2D eigenvalue weighted by molar-refractivity contribution is -0.143. The smallest absolute Gasteiger partial charge is 0.326 e. The number of unbranched alkanes of at least 4 members (excludes halogenated alkanes) is 4. The van der Waals surface area contributed by atoms with Crippen LogP contribution in [0.3, 0.4) is 0 Å². The van der Waals surface area contributed by atoms with Gasteiger partial charge in [0, 0.05) is 80.0 Å². The van der Waals surface area contributed by atoms with Gasteiger partial charge in [-0.15, -0.1) is 0 Å². The normalized spacial score (nSPS) is 19.7. The van der Waals surface area contributed by atoms with Crippen molar-refractivity contribution >= 4 is 71.2 Å². The maximum absolute atomic E-state index is 12.5. The van der Waals surface area contributed by atoms with Crippen LogP contribution in [0.5, 0.6) is 0 Å². The summed E-state index contributed by atoms with van der Waals surface area (Å²) >= 11 is 3.74. The molecule has 30 nitrogen and oxygen atoms in total. The van der Waals surface area contributed by atoms with E-state index in [9.17, 15) is 48.6 Å². The van der Waals surface area contributed by atoms with Gasteiger partial charge in [-0.25, -0.2) is 19.2 Å². The Balaban J connectivity index is 0.000000451. The van der Waals surface area contributed by atoms with E-state index in [0.29, 0.717) is 135 Å². The van der Waals surface area contributed by atoms with Gasteiger partial charge in [0.05, 0.1) is 117 Å². The molecule has 10 N–H and O–H groups in total. The molecular formula is C54H96N12O18S2. The van der Waals surface area contributed by atoms with E-state index < -0.39 is 35.8 Å². The molecule has 0 aromatic carbocycles. The van der Waals surface area contributed by atoms with Crippen molar-refractivity contribution in [1.82, 2.24) is 41.7 Å². The summed E-state index contributed by atoms with van der Waals surface area (Å²) in [5.41, 5.74) is 13.5. The minimum Gasteiger partial charge on any atom is -0.480 e. The fraction of sp³-hybridized carbons (Fsp3) is 0.852. The van der Waals surface area contributed by atoms with Gasteiger partial charge in [0.15, 0.2) is 0 Å². The molecule has 8 amide bonds. The zero-order valence-electron chi connectivity index (χ0n) is 50.1. The third-order valence-corrected chi connectivity index (χ3v) is 17.1. The van der Waals surface area contributed by atoms with Crippen LogP contribution in [0.4, 0.5) is 9.59 Å². The van der Waals surface area contributed by atoms with E-state index >= 15 is 0 Å². The van der Waals surface area contributed by atoms with Crippen molar-refractivity contribution in [2.75, 3.05) is 157 Å². The molecule has 492 valence electrons. The monoisotopic (exact) mass is 1260 g/mol. The van der Waals surface area contributed by atoms with E-state index in [1.807, 2.05) is 23.5 Å². The molecule has 0 saturated carbocycles. The first-order valence-electron chi connectivity index (χ1n) is 29.9. The molecule has 4 fully saturated rings. The summed E-state index contributed by atoms with van der Waals surface area (Å²) in [5.74, 6) is -1.29. The van der Waals surface area contributed by atoms with Crippen LogP contribution < -0.4 is 37.6 Å². The summed E-state index contributed by atoms with van der Waals surface area (Å²) in [6.45, 7) is 6.23. The number of urea groups is 2. The first-order chi connectivity index (χ1) is 41.6. The lowest BCUT2D eigenvalue weighted by atomic mass is 10.0. The highest BCUT2D eigenvalue weighted by Gasteiger charge is 2.43. The Kier molecular flexibility index (Phi) is 41.2. The largest absolute Gasteiger partial charge is 0.480 e. The lowest BCUT2D eigenvalue weighted by Crippen LogP contribution is -2.42. The van der Waals surface area contributed by atoms with Gasteiger partial charge in [0.2, 0.25) is 23.6 Å². The first-order valence-corrected chi connectivity index (χ1v) is 32.0. The predicted octanol–water partition coefficient (Wildman–Crippen LogP) is 1.22. The number of nitrogens with zero attached hydrogens (tertiary/aromatic N) is 5. The Morgan fingerprint density at radius 3 is 1.31 bits per heavy atom. The highest BCUT2D eigenvalue weighted by atomic mass is 32.2. The van der Waals surface area contributed by atoms with Crippen molar-refractivity contribution in [3.63, 3.8) is 0 Å². The number of carboxylic acid groups (broad SMARTS) is 2. The molecular weight excluding hydrogens is 1170 g/mol. The van der Waals surface area contributed by atoms with Gasteiger partial charge < -0.3 is 95.5 Å². The third-order valence-electron chi connectivity index (χ3n) is 14.1. The van der Waals surface area contributed by atoms with Gasteiger partial charge in [-0.3, -0.25) is 19.2 Å². The standard InChI is InChI=1S/C27H47N7O9S.C27H49N5O9S/c1-34(24(36)8-3-2-7-22-25-21(19-44-22)31-27(39)32-25)10-5-4-6-20(26(37)38)30-23(35)18-43-17-16-42-15-14-41-13-12-40-11-9-29-33-28;1-32(24(34)8-3-2-7-22-25-21(19-42-22)30-27(37)31-25)10-5-4-6-20(26(35)36)29-23(33)18-41-17-16-40-15-14-39-13-12-38-11-9-28/h20-22,25H,2-19H2,1H3,(H,30,35)(H,37,38)(H2,31,32,39);20-22,25H,2-19,28H2,1H3,(H,29,33)(H,35,36)(H2,30,31,37)/t2*20-,21-,22-,25-/m00/s1. The van der Waals surface area contributed by atoms with Crippen molar-refractivity contribution in [2.24, 2.45) is 10.8 Å². The van der Waals surface area contributed by atoms with E-state index in [0.717, 1.165) is 50.0 Å². The molecule has 86 heavy (non-hydrogen) atoms. The number of nitrogens with one attached hydrogen (secondary N) is 6.